The van der Waals surface area contributed by atoms with Crippen LogP contribution in [0.25, 0.3) is 5.69 Å². The smallest absolute Gasteiger partial charge is 0.358 e. The van der Waals surface area contributed by atoms with Gasteiger partial charge in [-0.2, -0.15) is 0 Å². The van der Waals surface area contributed by atoms with Crippen LogP contribution in [0.5, 0.6) is 5.75 Å². The van der Waals surface area contributed by atoms with E-state index in [0.29, 0.717) is 41.4 Å². The maximum Gasteiger partial charge on any atom is 0.358 e. The van der Waals surface area contributed by atoms with Gasteiger partial charge in [-0.15, -0.1) is 0 Å². The number of nitrogens with zero attached hydrogens (tertiary/aromatic N) is 3. The van der Waals surface area contributed by atoms with Crippen molar-refractivity contribution in [3.63, 3.8) is 0 Å². The molecular weight excluding hydrogens is 394 g/mol. The minimum Gasteiger partial charge on any atom is -0.497 e. The SMILES string of the molecule is CCOC(=O)c1ncn2c1C/C(=C(/N)Cc1ccccc1)N(N)c1cc(OC)ccc1-2. The predicted octanol–water partition coefficient (Wildman–Crippen LogP) is 2.71. The van der Waals surface area contributed by atoms with Crippen molar-refractivity contribution in [1.29, 1.82) is 0 Å². The third kappa shape index (κ3) is 3.85. The van der Waals surface area contributed by atoms with E-state index in [0.717, 1.165) is 11.3 Å². The fraction of sp³-hybridized carbons (Fsp3) is 0.217. The largest absolute Gasteiger partial charge is 0.497 e. The number of nitrogens with two attached hydrogens (primary N) is 2. The Morgan fingerprint density at radius 2 is 1.94 bits per heavy atom. The first-order valence-corrected chi connectivity index (χ1v) is 10.0. The summed E-state index contributed by atoms with van der Waals surface area (Å²) in [6.45, 7) is 2.03. The van der Waals surface area contributed by atoms with Crippen LogP contribution < -0.4 is 21.3 Å². The number of esters is 1. The third-order valence-corrected chi connectivity index (χ3v) is 5.27. The number of anilines is 1. The van der Waals surface area contributed by atoms with Gasteiger partial charge in [-0.1, -0.05) is 30.3 Å². The molecule has 0 saturated carbocycles. The van der Waals surface area contributed by atoms with Crippen molar-refractivity contribution < 1.29 is 14.3 Å². The Labute approximate surface area is 180 Å². The summed E-state index contributed by atoms with van der Waals surface area (Å²) in [5, 5.41) is 1.57. The minimum atomic E-state index is -0.474. The van der Waals surface area contributed by atoms with Gasteiger partial charge in [0.2, 0.25) is 0 Å². The van der Waals surface area contributed by atoms with E-state index in [9.17, 15) is 4.79 Å². The van der Waals surface area contributed by atoms with Gasteiger partial charge in [0.25, 0.3) is 0 Å². The van der Waals surface area contributed by atoms with Gasteiger partial charge in [0.1, 0.15) is 12.1 Å². The predicted molar refractivity (Wildman–Crippen MR) is 118 cm³/mol. The van der Waals surface area contributed by atoms with Crippen LogP contribution in [0.3, 0.4) is 0 Å². The van der Waals surface area contributed by atoms with E-state index >= 15 is 0 Å². The van der Waals surface area contributed by atoms with E-state index < -0.39 is 5.97 Å². The Bertz CT molecular complexity index is 1140. The first-order valence-electron chi connectivity index (χ1n) is 10.0. The van der Waals surface area contributed by atoms with E-state index in [1.165, 1.54) is 0 Å². The summed E-state index contributed by atoms with van der Waals surface area (Å²) < 4.78 is 12.5. The minimum absolute atomic E-state index is 0.254. The molecule has 0 saturated heterocycles. The second-order valence-corrected chi connectivity index (χ2v) is 7.17. The summed E-state index contributed by atoms with van der Waals surface area (Å²) in [4.78, 5) is 16.9. The number of allylic oxidation sites excluding steroid dienone is 2. The van der Waals surface area contributed by atoms with Crippen LogP contribution in [0.2, 0.25) is 0 Å². The zero-order chi connectivity index (χ0) is 22.0. The number of aromatic nitrogens is 2. The molecule has 0 atom stereocenters. The molecule has 160 valence electrons. The van der Waals surface area contributed by atoms with Crippen LogP contribution in [0, 0.1) is 0 Å². The average Bonchev–Trinajstić information content (AvgIpc) is 3.16. The number of ether oxygens (including phenoxy) is 2. The zero-order valence-corrected chi connectivity index (χ0v) is 17.5. The monoisotopic (exact) mass is 419 g/mol. The van der Waals surface area contributed by atoms with Crippen molar-refractivity contribution in [2.24, 2.45) is 11.6 Å². The standard InChI is InChI=1S/C23H25N5O3/c1-3-31-23(29)22-21-13-19(17(24)11-15-7-5-4-6-8-15)28(25)20-12-16(30-2)9-10-18(20)27(21)14-26-22/h4-10,12,14H,3,11,13,24-25H2,1-2H3/b19-17-. The highest BCUT2D eigenvalue weighted by Crippen LogP contribution is 2.36. The van der Waals surface area contributed by atoms with E-state index in [1.54, 1.807) is 25.4 Å². The maximum atomic E-state index is 12.5. The molecule has 0 bridgehead atoms. The van der Waals surface area contributed by atoms with E-state index in [1.807, 2.05) is 53.1 Å². The molecule has 3 aromatic rings. The highest BCUT2D eigenvalue weighted by molar-refractivity contribution is 5.89. The van der Waals surface area contributed by atoms with Crippen molar-refractivity contribution in [3.8, 4) is 11.4 Å². The first-order chi connectivity index (χ1) is 15.0. The van der Waals surface area contributed by atoms with Crippen molar-refractivity contribution in [2.45, 2.75) is 19.8 Å². The zero-order valence-electron chi connectivity index (χ0n) is 17.5. The molecule has 1 aliphatic heterocycles. The molecule has 1 aromatic heterocycles. The molecule has 0 unspecified atom stereocenters. The molecule has 0 aliphatic carbocycles. The normalized spacial score (nSPS) is 14.4. The number of carbonyl (C=O) groups is 1. The van der Waals surface area contributed by atoms with Crippen LogP contribution >= 0.6 is 0 Å². The summed E-state index contributed by atoms with van der Waals surface area (Å²) in [7, 11) is 1.60. The van der Waals surface area contributed by atoms with Crippen LogP contribution in [0.4, 0.5) is 5.69 Å². The van der Waals surface area contributed by atoms with E-state index in [2.05, 4.69) is 4.98 Å². The Morgan fingerprint density at radius 1 is 1.16 bits per heavy atom. The van der Waals surface area contributed by atoms with Gasteiger partial charge >= 0.3 is 5.97 Å². The summed E-state index contributed by atoms with van der Waals surface area (Å²) in [5.41, 5.74) is 11.3. The molecular formula is C23H25N5O3. The Kier molecular flexibility index (Phi) is 5.64. The molecule has 4 rings (SSSR count). The van der Waals surface area contributed by atoms with E-state index in [-0.39, 0.29) is 12.3 Å². The lowest BCUT2D eigenvalue weighted by Crippen LogP contribution is -2.33. The molecule has 8 heteroatoms. The van der Waals surface area contributed by atoms with Crippen molar-refractivity contribution in [3.05, 3.63) is 83.2 Å². The number of benzene rings is 2. The molecule has 4 N–H and O–H groups in total. The molecule has 2 aromatic carbocycles. The molecule has 8 nitrogen and oxygen atoms in total. The fourth-order valence-electron chi connectivity index (χ4n) is 3.72. The van der Waals surface area contributed by atoms with Gasteiger partial charge in [-0.3, -0.25) is 9.58 Å². The Hall–Kier alpha value is -3.78. The molecule has 0 spiro atoms. The molecule has 0 fully saturated rings. The average molecular weight is 419 g/mol. The van der Waals surface area contributed by atoms with Crippen LogP contribution in [0.1, 0.15) is 28.7 Å². The number of imidazole rings is 1. The van der Waals surface area contributed by atoms with Gasteiger partial charge in [0, 0.05) is 24.6 Å². The van der Waals surface area contributed by atoms with Gasteiger partial charge in [0.05, 0.1) is 36.5 Å². The van der Waals surface area contributed by atoms with Crippen LogP contribution in [-0.2, 0) is 17.6 Å². The molecule has 1 aliphatic rings. The van der Waals surface area contributed by atoms with Crippen molar-refractivity contribution in [1.82, 2.24) is 9.55 Å². The summed E-state index contributed by atoms with van der Waals surface area (Å²) in [5.74, 6) is 6.76. The first kappa shape index (κ1) is 20.5. The Morgan fingerprint density at radius 3 is 2.65 bits per heavy atom. The highest BCUT2D eigenvalue weighted by atomic mass is 16.5. The topological polar surface area (TPSA) is 109 Å². The summed E-state index contributed by atoms with van der Waals surface area (Å²) >= 11 is 0. The highest BCUT2D eigenvalue weighted by Gasteiger charge is 2.29. The van der Waals surface area contributed by atoms with Gasteiger partial charge in [0.15, 0.2) is 5.69 Å². The molecule has 0 amide bonds. The number of rotatable bonds is 5. The number of hydrogen-bond donors (Lipinski definition) is 2. The lowest BCUT2D eigenvalue weighted by molar-refractivity contribution is 0.0519. The summed E-state index contributed by atoms with van der Waals surface area (Å²) in [6.07, 6.45) is 2.45. The van der Waals surface area contributed by atoms with Gasteiger partial charge in [-0.05, 0) is 24.6 Å². The number of hydrogen-bond acceptors (Lipinski definition) is 7. The number of hydrazine groups is 1. The van der Waals surface area contributed by atoms with Crippen molar-refractivity contribution >= 4 is 11.7 Å². The lowest BCUT2D eigenvalue weighted by Gasteiger charge is -2.24. The van der Waals surface area contributed by atoms with E-state index in [4.69, 9.17) is 21.1 Å². The van der Waals surface area contributed by atoms with Gasteiger partial charge < -0.3 is 15.2 Å². The second kappa shape index (κ2) is 8.53. The lowest BCUT2D eigenvalue weighted by atomic mass is 10.1. The maximum absolute atomic E-state index is 12.5. The molecule has 2 heterocycles. The number of fused-ring (bicyclic) bond motifs is 3. The van der Waals surface area contributed by atoms with Crippen molar-refractivity contribution in [2.75, 3.05) is 18.7 Å². The Balaban J connectivity index is 1.88. The van der Waals surface area contributed by atoms with Crippen LogP contribution in [0.15, 0.2) is 66.3 Å². The second-order valence-electron chi connectivity index (χ2n) is 7.17. The number of carbonyl (C=O) groups excluding carboxylic acids is 1. The quantitative estimate of drug-likeness (QED) is 0.483. The third-order valence-electron chi connectivity index (χ3n) is 5.27. The molecule has 0 radical (unpaired) electrons. The molecule has 31 heavy (non-hydrogen) atoms. The number of methoxy groups -OCH3 is 1. The van der Waals surface area contributed by atoms with Gasteiger partial charge in [-0.25, -0.2) is 15.6 Å². The fourth-order valence-corrected chi connectivity index (χ4v) is 3.72. The summed E-state index contributed by atoms with van der Waals surface area (Å²) in [6, 6.07) is 15.5. The van der Waals surface area contributed by atoms with Crippen LogP contribution in [-0.4, -0.2) is 29.2 Å².